The quantitative estimate of drug-likeness (QED) is 0.112. The molecule has 2 heterocycles. The molecule has 1 saturated heterocycles. The molecule has 2 aliphatic carbocycles. The second-order valence-corrected chi connectivity index (χ2v) is 19.2. The lowest BCUT2D eigenvalue weighted by Gasteiger charge is -2.43. The van der Waals surface area contributed by atoms with Crippen molar-refractivity contribution in [1.82, 2.24) is 35.5 Å². The molecule has 1 unspecified atom stereocenters. The summed E-state index contributed by atoms with van der Waals surface area (Å²) < 4.78 is 27.8. The molecule has 1 aromatic heterocycles. The van der Waals surface area contributed by atoms with E-state index in [0.29, 0.717) is 12.8 Å². The molecule has 55 heavy (non-hydrogen) atoms. The molecule has 302 valence electrons. The summed E-state index contributed by atoms with van der Waals surface area (Å²) in [6.45, 7) is 15.6. The molecule has 0 radical (unpaired) electrons. The number of rotatable bonds is 16. The number of terminal acetylenes is 1. The first-order valence-corrected chi connectivity index (χ1v) is 20.6. The van der Waals surface area contributed by atoms with Crippen LogP contribution in [0, 0.1) is 40.4 Å². The molecule has 5 amide bonds. The number of pyridine rings is 1. The third kappa shape index (κ3) is 9.75. The molecular weight excluding hydrogens is 723 g/mol. The SMILES string of the molecule is C#CCCC(NC(=O)[C@@H]1[C@@H]2[C@H](CN1C(=O)[C@@H](NC(=O)N[C@H](CN(C)S(=O)(=O)c1ccccn1)C(C)(C)C)C1(C)CCCCC1)C2(C)C)C(=O)C(=O)NCC=C. The normalized spacial score (nSPS) is 22.9. The lowest BCUT2D eigenvalue weighted by Crippen LogP contribution is -2.63. The molecule has 0 aromatic carbocycles. The summed E-state index contributed by atoms with van der Waals surface area (Å²) >= 11 is 0. The van der Waals surface area contributed by atoms with Crippen molar-refractivity contribution in [3.63, 3.8) is 0 Å². The number of sulfonamides is 1. The lowest BCUT2D eigenvalue weighted by molar-refractivity contribution is -0.146. The van der Waals surface area contributed by atoms with Gasteiger partial charge in [0.25, 0.3) is 15.9 Å². The van der Waals surface area contributed by atoms with Gasteiger partial charge in [-0.15, -0.1) is 18.9 Å². The smallest absolute Gasteiger partial charge is 0.315 e. The van der Waals surface area contributed by atoms with E-state index in [9.17, 15) is 32.4 Å². The topological polar surface area (TPSA) is 187 Å². The monoisotopic (exact) mass is 781 g/mol. The molecule has 0 spiro atoms. The van der Waals surface area contributed by atoms with Crippen LogP contribution in [-0.4, -0.2) is 103 Å². The zero-order valence-corrected chi connectivity index (χ0v) is 34.1. The van der Waals surface area contributed by atoms with E-state index in [-0.39, 0.29) is 54.8 Å². The number of fused-ring (bicyclic) bond motifs is 1. The average Bonchev–Trinajstić information content (AvgIpc) is 3.43. The molecule has 3 aliphatic rings. The maximum atomic E-state index is 14.9. The number of carbonyl (C=O) groups is 5. The molecule has 4 rings (SSSR count). The van der Waals surface area contributed by atoms with Crippen LogP contribution in [0.2, 0.25) is 0 Å². The first-order chi connectivity index (χ1) is 25.7. The number of hydrogen-bond donors (Lipinski definition) is 4. The van der Waals surface area contributed by atoms with Crippen molar-refractivity contribution in [2.45, 2.75) is 116 Å². The van der Waals surface area contributed by atoms with Crippen LogP contribution in [0.3, 0.4) is 0 Å². The number of piperidine rings is 1. The van der Waals surface area contributed by atoms with E-state index in [2.05, 4.69) is 38.8 Å². The number of carbonyl (C=O) groups excluding carboxylic acids is 5. The summed E-state index contributed by atoms with van der Waals surface area (Å²) in [6, 6.07) is 0.155. The van der Waals surface area contributed by atoms with Gasteiger partial charge in [0.15, 0.2) is 5.03 Å². The van der Waals surface area contributed by atoms with Gasteiger partial charge in [-0.25, -0.2) is 18.2 Å². The highest BCUT2D eigenvalue weighted by molar-refractivity contribution is 7.89. The number of urea groups is 1. The van der Waals surface area contributed by atoms with E-state index < -0.39 is 74.6 Å². The van der Waals surface area contributed by atoms with Crippen molar-refractivity contribution in [2.24, 2.45) is 28.1 Å². The molecular formula is C40H59N7O7S. The van der Waals surface area contributed by atoms with E-state index in [1.54, 1.807) is 12.1 Å². The average molecular weight is 782 g/mol. The Morgan fingerprint density at radius 1 is 1.09 bits per heavy atom. The van der Waals surface area contributed by atoms with Gasteiger partial charge < -0.3 is 26.2 Å². The van der Waals surface area contributed by atoms with Crippen molar-refractivity contribution in [3.8, 4) is 12.3 Å². The minimum absolute atomic E-state index is 0.0125. The Labute approximate surface area is 326 Å². The number of Topliss-reactive ketones (excluding diaryl/α,β-unsaturated/α-hetero) is 1. The summed E-state index contributed by atoms with van der Waals surface area (Å²) in [5.41, 5.74) is -1.49. The fraction of sp³-hybridized carbons (Fsp3) is 0.650. The summed E-state index contributed by atoms with van der Waals surface area (Å²) in [5, 5.41) is 11.1. The third-order valence-corrected chi connectivity index (χ3v) is 13.7. The Hall–Kier alpha value is -4.29. The second-order valence-electron chi connectivity index (χ2n) is 17.2. The number of amides is 5. The Morgan fingerprint density at radius 2 is 1.76 bits per heavy atom. The zero-order valence-electron chi connectivity index (χ0n) is 33.3. The first-order valence-electron chi connectivity index (χ1n) is 19.1. The van der Waals surface area contributed by atoms with Crippen molar-refractivity contribution in [3.05, 3.63) is 37.1 Å². The van der Waals surface area contributed by atoms with E-state index in [4.69, 9.17) is 6.42 Å². The van der Waals surface area contributed by atoms with Gasteiger partial charge >= 0.3 is 6.03 Å². The summed E-state index contributed by atoms with van der Waals surface area (Å²) in [5.74, 6) is -0.407. The van der Waals surface area contributed by atoms with E-state index in [0.717, 1.165) is 23.6 Å². The van der Waals surface area contributed by atoms with E-state index in [1.807, 2.05) is 41.5 Å². The van der Waals surface area contributed by atoms with Crippen LogP contribution in [0.1, 0.15) is 86.5 Å². The van der Waals surface area contributed by atoms with E-state index in [1.165, 1.54) is 30.3 Å². The van der Waals surface area contributed by atoms with Crippen LogP contribution < -0.4 is 21.3 Å². The number of nitrogens with one attached hydrogen (secondary N) is 4. The molecule has 1 aromatic rings. The highest BCUT2D eigenvalue weighted by Gasteiger charge is 2.70. The van der Waals surface area contributed by atoms with Crippen molar-refractivity contribution >= 4 is 39.6 Å². The predicted octanol–water partition coefficient (Wildman–Crippen LogP) is 3.01. The Morgan fingerprint density at radius 3 is 2.35 bits per heavy atom. The molecule has 2 saturated carbocycles. The fourth-order valence-electron chi connectivity index (χ4n) is 8.21. The van der Waals surface area contributed by atoms with Gasteiger partial charge in [0.05, 0.1) is 6.04 Å². The molecule has 3 fully saturated rings. The van der Waals surface area contributed by atoms with E-state index >= 15 is 0 Å². The molecule has 1 aliphatic heterocycles. The largest absolute Gasteiger partial charge is 0.346 e. The second kappa shape index (κ2) is 17.2. The summed E-state index contributed by atoms with van der Waals surface area (Å²) in [6.07, 6.45) is 12.5. The van der Waals surface area contributed by atoms with Crippen LogP contribution in [0.5, 0.6) is 0 Å². The number of likely N-dealkylation sites (tertiary alicyclic amines) is 1. The van der Waals surface area contributed by atoms with Crippen LogP contribution in [0.15, 0.2) is 42.1 Å². The predicted molar refractivity (Wildman–Crippen MR) is 208 cm³/mol. The van der Waals surface area contributed by atoms with Crippen LogP contribution in [0.25, 0.3) is 0 Å². The fourth-order valence-corrected chi connectivity index (χ4v) is 9.32. The first kappa shape index (κ1) is 43.4. The standard InChI is InChI=1S/C40H59N7O7S/c1-10-12-18-27(32(48)35(50)42-22-11-2)43-34(49)31-30-26(39(30,6)7)24-47(31)36(51)33(40(8)20-15-13-16-21-40)45-37(52)44-28(38(3,4)5)25-46(9)55(53,54)29-19-14-17-23-41-29/h1,11,14,17,19,23,26-28,30-31,33H,2,12-13,15-16,18,20-22,24-25H2,3-9H3,(H,42,50)(H,43,49)(H2,44,45,52)/t26-,27?,28+,30-,31-,33+/m0/s1. The van der Waals surface area contributed by atoms with Gasteiger partial charge in [-0.3, -0.25) is 19.2 Å². The van der Waals surface area contributed by atoms with Gasteiger partial charge in [0, 0.05) is 45.3 Å². The molecule has 4 N–H and O–H groups in total. The third-order valence-electron chi connectivity index (χ3n) is 11.9. The maximum Gasteiger partial charge on any atom is 0.315 e. The van der Waals surface area contributed by atoms with Gasteiger partial charge in [-0.2, -0.15) is 4.31 Å². The van der Waals surface area contributed by atoms with Gasteiger partial charge in [-0.05, 0) is 59.5 Å². The number of likely N-dealkylation sites (N-methyl/N-ethyl adjacent to an activating group) is 1. The highest BCUT2D eigenvalue weighted by atomic mass is 32.2. The highest BCUT2D eigenvalue weighted by Crippen LogP contribution is 2.65. The van der Waals surface area contributed by atoms with Crippen LogP contribution in [-0.2, 0) is 29.2 Å². The number of aromatic nitrogens is 1. The Kier molecular flexibility index (Phi) is 13.6. The minimum atomic E-state index is -3.96. The van der Waals surface area contributed by atoms with Crippen molar-refractivity contribution in [2.75, 3.05) is 26.7 Å². The number of nitrogens with zero attached hydrogens (tertiary/aromatic N) is 3. The van der Waals surface area contributed by atoms with Crippen LogP contribution >= 0.6 is 0 Å². The molecule has 6 atom stereocenters. The zero-order chi connectivity index (χ0) is 40.9. The van der Waals surface area contributed by atoms with Crippen molar-refractivity contribution in [1.29, 1.82) is 0 Å². The number of hydrogen-bond acceptors (Lipinski definition) is 8. The molecule has 0 bridgehead atoms. The maximum absolute atomic E-state index is 14.9. The minimum Gasteiger partial charge on any atom is -0.346 e. The Balaban J connectivity index is 1.60. The van der Waals surface area contributed by atoms with Gasteiger partial charge in [0.1, 0.15) is 12.1 Å². The molecule has 14 nitrogen and oxygen atoms in total. The number of ketones is 1. The summed E-state index contributed by atoms with van der Waals surface area (Å²) in [4.78, 5) is 74.5. The van der Waals surface area contributed by atoms with Crippen molar-refractivity contribution < 1.29 is 32.4 Å². The van der Waals surface area contributed by atoms with Gasteiger partial charge in [0.2, 0.25) is 17.6 Å². The van der Waals surface area contributed by atoms with Crippen LogP contribution in [0.4, 0.5) is 4.79 Å². The Bertz CT molecular complexity index is 1760. The molecule has 15 heteroatoms. The van der Waals surface area contributed by atoms with Gasteiger partial charge in [-0.1, -0.05) is 72.9 Å². The summed E-state index contributed by atoms with van der Waals surface area (Å²) in [7, 11) is -2.53. The lowest BCUT2D eigenvalue weighted by atomic mass is 9.70.